The first-order chi connectivity index (χ1) is 15.3. The molecule has 3 heterocycles. The van der Waals surface area contributed by atoms with E-state index in [4.69, 9.17) is 16.3 Å². The Balaban J connectivity index is 1.42. The largest absolute Gasteiger partial charge is 0.482 e. The van der Waals surface area contributed by atoms with Crippen LogP contribution in [0.5, 0.6) is 5.75 Å². The molecule has 8 nitrogen and oxygen atoms in total. The minimum atomic E-state index is -4.05. The van der Waals surface area contributed by atoms with Crippen LogP contribution >= 0.6 is 11.6 Å². The number of ether oxygens (including phenoxy) is 1. The molecule has 3 aliphatic heterocycles. The highest BCUT2D eigenvalue weighted by atomic mass is 35.5. The number of halogens is 1. The number of anilines is 1. The molecule has 0 aromatic heterocycles. The van der Waals surface area contributed by atoms with E-state index < -0.39 is 16.1 Å². The maximum Gasteiger partial charge on any atom is 0.262 e. The number of amides is 2. The van der Waals surface area contributed by atoms with Crippen LogP contribution in [-0.2, 0) is 32.6 Å². The second kappa shape index (κ2) is 8.06. The number of fused-ring (bicyclic) bond motifs is 2. The van der Waals surface area contributed by atoms with Crippen molar-refractivity contribution in [1.29, 1.82) is 0 Å². The summed E-state index contributed by atoms with van der Waals surface area (Å²) in [6.45, 7) is 1.09. The van der Waals surface area contributed by atoms with Crippen LogP contribution in [0.4, 0.5) is 5.69 Å². The maximum absolute atomic E-state index is 13.5. The van der Waals surface area contributed by atoms with Crippen molar-refractivity contribution in [2.75, 3.05) is 25.0 Å². The lowest BCUT2D eigenvalue weighted by molar-refractivity contribution is -0.135. The maximum atomic E-state index is 13.5. The van der Waals surface area contributed by atoms with Gasteiger partial charge in [-0.25, -0.2) is 8.42 Å². The SMILES string of the molecule is O=C1COc2cc(S(=O)(=O)N3CCC[C@@H]3C(=O)N3CCc4ccccc4C3)c(Cl)cc2N1. The molecule has 2 aromatic carbocycles. The molecule has 3 aliphatic rings. The molecule has 0 aliphatic carbocycles. The first kappa shape index (κ1) is 21.2. The van der Waals surface area contributed by atoms with Gasteiger partial charge in [-0.05, 0) is 36.5 Å². The Bertz CT molecular complexity index is 1220. The second-order valence-electron chi connectivity index (χ2n) is 8.17. The quantitative estimate of drug-likeness (QED) is 0.735. The van der Waals surface area contributed by atoms with E-state index >= 15 is 0 Å². The lowest BCUT2D eigenvalue weighted by Crippen LogP contribution is -2.49. The van der Waals surface area contributed by atoms with E-state index in [1.807, 2.05) is 18.2 Å². The summed E-state index contributed by atoms with van der Waals surface area (Å²) in [6, 6.07) is 9.92. The standard InChI is InChI=1S/C22H22ClN3O5S/c23-16-10-17-19(31-13-21(27)24-17)11-20(16)32(29,30)26-8-3-6-18(26)22(28)25-9-7-14-4-1-2-5-15(14)12-25/h1-2,4-5,10-11,18H,3,6-9,12-13H2,(H,24,27)/t18-/m1/s1. The van der Waals surface area contributed by atoms with Gasteiger partial charge in [0.15, 0.2) is 6.61 Å². The fraction of sp³-hybridized carbons (Fsp3) is 0.364. The molecule has 0 bridgehead atoms. The summed E-state index contributed by atoms with van der Waals surface area (Å²) in [5, 5.41) is 2.58. The van der Waals surface area contributed by atoms with Crippen LogP contribution < -0.4 is 10.1 Å². The minimum Gasteiger partial charge on any atom is -0.482 e. The third-order valence-electron chi connectivity index (χ3n) is 6.18. The molecular weight excluding hydrogens is 454 g/mol. The average molecular weight is 476 g/mol. The molecule has 168 valence electrons. The number of rotatable bonds is 3. The Kier molecular flexibility index (Phi) is 5.35. The van der Waals surface area contributed by atoms with E-state index in [0.29, 0.717) is 31.6 Å². The average Bonchev–Trinajstić information content (AvgIpc) is 3.28. The topological polar surface area (TPSA) is 96.0 Å². The molecule has 0 radical (unpaired) electrons. The normalized spacial score (nSPS) is 20.8. The molecule has 1 fully saturated rings. The lowest BCUT2D eigenvalue weighted by atomic mass is 9.99. The Hall–Kier alpha value is -2.62. The molecule has 2 amide bonds. The number of nitrogens with one attached hydrogen (secondary N) is 1. The van der Waals surface area contributed by atoms with E-state index in [0.717, 1.165) is 12.0 Å². The highest BCUT2D eigenvalue weighted by molar-refractivity contribution is 7.89. The van der Waals surface area contributed by atoms with Gasteiger partial charge < -0.3 is 15.0 Å². The summed E-state index contributed by atoms with van der Waals surface area (Å²) in [7, 11) is -4.05. The number of hydrogen-bond acceptors (Lipinski definition) is 5. The molecule has 0 unspecified atom stereocenters. The summed E-state index contributed by atoms with van der Waals surface area (Å²) >= 11 is 6.30. The van der Waals surface area contributed by atoms with Crippen LogP contribution in [0.3, 0.4) is 0 Å². The molecule has 1 N–H and O–H groups in total. The number of sulfonamides is 1. The van der Waals surface area contributed by atoms with Gasteiger partial charge >= 0.3 is 0 Å². The van der Waals surface area contributed by atoms with Gasteiger partial charge in [-0.1, -0.05) is 35.9 Å². The minimum absolute atomic E-state index is 0.0282. The van der Waals surface area contributed by atoms with Crippen molar-refractivity contribution in [1.82, 2.24) is 9.21 Å². The van der Waals surface area contributed by atoms with Gasteiger partial charge in [0.05, 0.1) is 10.7 Å². The molecule has 0 saturated carbocycles. The van der Waals surface area contributed by atoms with Gasteiger partial charge in [0.25, 0.3) is 5.91 Å². The predicted molar refractivity (Wildman–Crippen MR) is 118 cm³/mol. The lowest BCUT2D eigenvalue weighted by Gasteiger charge is -2.33. The molecule has 32 heavy (non-hydrogen) atoms. The van der Waals surface area contributed by atoms with Crippen LogP contribution in [0.2, 0.25) is 5.02 Å². The summed E-state index contributed by atoms with van der Waals surface area (Å²) < 4.78 is 33.7. The number of nitrogens with zero attached hydrogens (tertiary/aromatic N) is 2. The molecule has 5 rings (SSSR count). The Labute approximate surface area is 191 Å². The zero-order chi connectivity index (χ0) is 22.5. The molecule has 10 heteroatoms. The zero-order valence-electron chi connectivity index (χ0n) is 17.2. The van der Waals surface area contributed by atoms with Gasteiger partial charge in [0.2, 0.25) is 15.9 Å². The Morgan fingerprint density at radius 3 is 2.75 bits per heavy atom. The molecular formula is C22H22ClN3O5S. The van der Waals surface area contributed by atoms with Crippen LogP contribution in [0.15, 0.2) is 41.3 Å². The van der Waals surface area contributed by atoms with Gasteiger partial charge in [-0.3, -0.25) is 9.59 Å². The third kappa shape index (κ3) is 3.64. The molecule has 2 aromatic rings. The highest BCUT2D eigenvalue weighted by Gasteiger charge is 2.42. The number of benzene rings is 2. The van der Waals surface area contributed by atoms with Crippen molar-refractivity contribution in [3.8, 4) is 5.75 Å². The van der Waals surface area contributed by atoms with Crippen molar-refractivity contribution in [2.45, 2.75) is 36.7 Å². The highest BCUT2D eigenvalue weighted by Crippen LogP contribution is 2.38. The van der Waals surface area contributed by atoms with E-state index in [1.165, 1.54) is 22.0 Å². The van der Waals surface area contributed by atoms with Crippen molar-refractivity contribution >= 4 is 39.1 Å². The Morgan fingerprint density at radius 1 is 1.16 bits per heavy atom. The first-order valence-corrected chi connectivity index (χ1v) is 12.3. The molecule has 1 atom stereocenters. The van der Waals surface area contributed by atoms with E-state index in [1.54, 1.807) is 4.90 Å². The third-order valence-corrected chi connectivity index (χ3v) is 8.56. The van der Waals surface area contributed by atoms with Crippen molar-refractivity contribution in [2.24, 2.45) is 0 Å². The van der Waals surface area contributed by atoms with Crippen molar-refractivity contribution in [3.63, 3.8) is 0 Å². The Morgan fingerprint density at radius 2 is 1.94 bits per heavy atom. The first-order valence-electron chi connectivity index (χ1n) is 10.5. The van der Waals surface area contributed by atoms with Gasteiger partial charge in [-0.2, -0.15) is 4.31 Å². The van der Waals surface area contributed by atoms with Gasteiger partial charge in [-0.15, -0.1) is 0 Å². The zero-order valence-corrected chi connectivity index (χ0v) is 18.8. The number of hydrogen-bond donors (Lipinski definition) is 1. The van der Waals surface area contributed by atoms with Crippen LogP contribution in [0.1, 0.15) is 24.0 Å². The van der Waals surface area contributed by atoms with E-state index in [2.05, 4.69) is 11.4 Å². The van der Waals surface area contributed by atoms with Crippen LogP contribution in [-0.4, -0.2) is 55.2 Å². The van der Waals surface area contributed by atoms with Crippen LogP contribution in [0, 0.1) is 0 Å². The van der Waals surface area contributed by atoms with Crippen molar-refractivity contribution in [3.05, 3.63) is 52.5 Å². The second-order valence-corrected chi connectivity index (χ2v) is 10.4. The van der Waals surface area contributed by atoms with Gasteiger partial charge in [0, 0.05) is 25.7 Å². The number of carbonyl (C=O) groups excluding carboxylic acids is 2. The summed E-state index contributed by atoms with van der Waals surface area (Å²) in [5.74, 6) is -0.280. The van der Waals surface area contributed by atoms with E-state index in [9.17, 15) is 18.0 Å². The predicted octanol–water partition coefficient (Wildman–Crippen LogP) is 2.41. The summed E-state index contributed by atoms with van der Waals surface area (Å²) in [4.78, 5) is 26.5. The fourth-order valence-electron chi connectivity index (χ4n) is 4.57. The summed E-state index contributed by atoms with van der Waals surface area (Å²) in [6.07, 6.45) is 1.81. The molecule has 0 spiro atoms. The van der Waals surface area contributed by atoms with E-state index in [-0.39, 0.29) is 40.6 Å². The van der Waals surface area contributed by atoms with Gasteiger partial charge in [0.1, 0.15) is 16.7 Å². The van der Waals surface area contributed by atoms with Crippen LogP contribution in [0.25, 0.3) is 0 Å². The fourth-order valence-corrected chi connectivity index (χ4v) is 6.74. The van der Waals surface area contributed by atoms with Crippen molar-refractivity contribution < 1.29 is 22.7 Å². The smallest absolute Gasteiger partial charge is 0.262 e. The molecule has 1 saturated heterocycles. The monoisotopic (exact) mass is 475 g/mol. The summed E-state index contributed by atoms with van der Waals surface area (Å²) in [5.41, 5.74) is 2.64. The number of carbonyl (C=O) groups is 2.